The Morgan fingerprint density at radius 1 is 1.00 bits per heavy atom. The summed E-state index contributed by atoms with van der Waals surface area (Å²) in [6, 6.07) is 15.1. The van der Waals surface area contributed by atoms with Crippen LogP contribution < -0.4 is 15.4 Å². The van der Waals surface area contributed by atoms with Crippen LogP contribution in [0.25, 0.3) is 0 Å². The maximum atomic E-state index is 11.4. The van der Waals surface area contributed by atoms with Crippen LogP contribution >= 0.6 is 24.0 Å². The molecule has 0 atom stereocenters. The molecule has 0 aromatic heterocycles. The number of nitrogens with zero attached hydrogens (tertiary/aromatic N) is 1. The Labute approximate surface area is 171 Å². The van der Waals surface area contributed by atoms with Crippen LogP contribution in [0.2, 0.25) is 0 Å². The van der Waals surface area contributed by atoms with Gasteiger partial charge in [-0.1, -0.05) is 30.3 Å². The summed E-state index contributed by atoms with van der Waals surface area (Å²) in [5.41, 5.74) is 2.62. The number of methoxy groups -OCH3 is 2. The quantitative estimate of drug-likeness (QED) is 0.295. The van der Waals surface area contributed by atoms with Crippen LogP contribution in [0.5, 0.6) is 5.75 Å². The molecule has 0 unspecified atom stereocenters. The average molecular weight is 469 g/mol. The fourth-order valence-corrected chi connectivity index (χ4v) is 2.31. The largest absolute Gasteiger partial charge is 0.496 e. The highest BCUT2D eigenvalue weighted by Gasteiger charge is 2.06. The summed E-state index contributed by atoms with van der Waals surface area (Å²) in [6.07, 6.45) is 0. The number of carbonyl (C=O) groups is 1. The van der Waals surface area contributed by atoms with Crippen LogP contribution in [0, 0.1) is 0 Å². The van der Waals surface area contributed by atoms with E-state index in [2.05, 4.69) is 15.6 Å². The Balaban J connectivity index is 0.00000338. The third kappa shape index (κ3) is 6.21. The Morgan fingerprint density at radius 2 is 1.65 bits per heavy atom. The van der Waals surface area contributed by atoms with Crippen molar-refractivity contribution < 1.29 is 14.3 Å². The van der Waals surface area contributed by atoms with Gasteiger partial charge in [-0.15, -0.1) is 24.0 Å². The van der Waals surface area contributed by atoms with Crippen LogP contribution in [0.15, 0.2) is 53.5 Å². The predicted molar refractivity (Wildman–Crippen MR) is 113 cm³/mol. The fraction of sp³-hybridized carbons (Fsp3) is 0.263. The van der Waals surface area contributed by atoms with E-state index in [0.717, 1.165) is 16.9 Å². The van der Waals surface area contributed by atoms with E-state index >= 15 is 0 Å². The van der Waals surface area contributed by atoms with Crippen LogP contribution in [0.1, 0.15) is 21.5 Å². The van der Waals surface area contributed by atoms with Gasteiger partial charge in [-0.25, -0.2) is 4.79 Å². The molecule has 0 fully saturated rings. The highest BCUT2D eigenvalue weighted by Crippen LogP contribution is 2.16. The molecular formula is C19H24IN3O3. The van der Waals surface area contributed by atoms with Crippen molar-refractivity contribution in [2.24, 2.45) is 4.99 Å². The van der Waals surface area contributed by atoms with Crippen LogP contribution in [0.3, 0.4) is 0 Å². The number of esters is 1. The lowest BCUT2D eigenvalue weighted by Gasteiger charge is -2.14. The molecule has 26 heavy (non-hydrogen) atoms. The first-order chi connectivity index (χ1) is 12.2. The van der Waals surface area contributed by atoms with Gasteiger partial charge in [-0.3, -0.25) is 4.99 Å². The molecule has 0 saturated carbocycles. The standard InChI is InChI=1S/C19H23N3O3.HI/c1-20-19(22-13-16-6-4-5-7-17(16)24-2)21-12-14-8-10-15(11-9-14)18(23)25-3;/h4-11H,12-13H2,1-3H3,(H2,20,21,22);1H. The molecule has 0 spiro atoms. The number of para-hydroxylation sites is 1. The summed E-state index contributed by atoms with van der Waals surface area (Å²) in [7, 11) is 4.75. The molecule has 2 N–H and O–H groups in total. The number of guanidine groups is 1. The van der Waals surface area contributed by atoms with Crippen LogP contribution in [0.4, 0.5) is 0 Å². The van der Waals surface area contributed by atoms with Crippen molar-refractivity contribution in [1.82, 2.24) is 10.6 Å². The van der Waals surface area contributed by atoms with Crippen molar-refractivity contribution >= 4 is 35.9 Å². The minimum Gasteiger partial charge on any atom is -0.496 e. The SMILES string of the molecule is CN=C(NCc1ccc(C(=O)OC)cc1)NCc1ccccc1OC.I. The maximum absolute atomic E-state index is 11.4. The molecular weight excluding hydrogens is 445 g/mol. The molecule has 2 aromatic rings. The van der Waals surface area contributed by atoms with Crippen molar-refractivity contribution in [3.05, 3.63) is 65.2 Å². The minimum absolute atomic E-state index is 0. The first-order valence-corrected chi connectivity index (χ1v) is 7.91. The highest BCUT2D eigenvalue weighted by atomic mass is 127. The molecule has 2 aromatic carbocycles. The Hall–Kier alpha value is -2.29. The van der Waals surface area contributed by atoms with Crippen molar-refractivity contribution in [2.75, 3.05) is 21.3 Å². The van der Waals surface area contributed by atoms with E-state index in [0.29, 0.717) is 24.6 Å². The molecule has 0 aliphatic carbocycles. The summed E-state index contributed by atoms with van der Waals surface area (Å²) in [5.74, 6) is 1.18. The molecule has 140 valence electrons. The van der Waals surface area contributed by atoms with Crippen LogP contribution in [-0.4, -0.2) is 33.2 Å². The number of carbonyl (C=O) groups excluding carboxylic acids is 1. The lowest BCUT2D eigenvalue weighted by molar-refractivity contribution is 0.0600. The van der Waals surface area contributed by atoms with Gasteiger partial charge in [0.1, 0.15) is 5.75 Å². The van der Waals surface area contributed by atoms with Gasteiger partial charge in [0.25, 0.3) is 0 Å². The normalized spacial score (nSPS) is 10.5. The second kappa shape index (κ2) is 11.3. The monoisotopic (exact) mass is 469 g/mol. The first kappa shape index (κ1) is 21.8. The van der Waals surface area contributed by atoms with E-state index in [-0.39, 0.29) is 29.9 Å². The Morgan fingerprint density at radius 3 is 2.27 bits per heavy atom. The summed E-state index contributed by atoms with van der Waals surface area (Å²) in [5, 5.41) is 6.49. The van der Waals surface area contributed by atoms with E-state index in [1.165, 1.54) is 7.11 Å². The number of hydrogen-bond donors (Lipinski definition) is 2. The van der Waals surface area contributed by atoms with Crippen LogP contribution in [-0.2, 0) is 17.8 Å². The lowest BCUT2D eigenvalue weighted by Crippen LogP contribution is -2.36. The van der Waals surface area contributed by atoms with Crippen molar-refractivity contribution in [2.45, 2.75) is 13.1 Å². The van der Waals surface area contributed by atoms with Crippen molar-refractivity contribution in [3.63, 3.8) is 0 Å². The second-order valence-corrected chi connectivity index (χ2v) is 5.28. The van der Waals surface area contributed by atoms with Gasteiger partial charge in [-0.2, -0.15) is 0 Å². The molecule has 0 aliphatic rings. The van der Waals surface area contributed by atoms with Gasteiger partial charge in [0.05, 0.1) is 19.8 Å². The molecule has 6 nitrogen and oxygen atoms in total. The number of nitrogens with one attached hydrogen (secondary N) is 2. The Kier molecular flexibility index (Phi) is 9.50. The number of hydrogen-bond acceptors (Lipinski definition) is 4. The third-order valence-corrected chi connectivity index (χ3v) is 3.70. The summed E-state index contributed by atoms with van der Waals surface area (Å²) >= 11 is 0. The number of aliphatic imine (C=N–C) groups is 1. The number of ether oxygens (including phenoxy) is 2. The molecule has 2 rings (SSSR count). The maximum Gasteiger partial charge on any atom is 0.337 e. The third-order valence-electron chi connectivity index (χ3n) is 3.70. The predicted octanol–water partition coefficient (Wildman–Crippen LogP) is 2.97. The van der Waals surface area contributed by atoms with Crippen molar-refractivity contribution in [1.29, 1.82) is 0 Å². The number of benzene rings is 2. The molecule has 0 heterocycles. The van der Waals surface area contributed by atoms with Gasteiger partial charge >= 0.3 is 5.97 Å². The van der Waals surface area contributed by atoms with Gasteiger partial charge < -0.3 is 20.1 Å². The Bertz CT molecular complexity index is 733. The van der Waals surface area contributed by atoms with E-state index in [4.69, 9.17) is 9.47 Å². The number of halogens is 1. The molecule has 0 aliphatic heterocycles. The number of rotatable bonds is 6. The fourth-order valence-electron chi connectivity index (χ4n) is 2.31. The van der Waals surface area contributed by atoms with Gasteiger partial charge in [0.15, 0.2) is 5.96 Å². The molecule has 0 amide bonds. The smallest absolute Gasteiger partial charge is 0.337 e. The van der Waals surface area contributed by atoms with Gasteiger partial charge in [-0.05, 0) is 23.8 Å². The topological polar surface area (TPSA) is 72.0 Å². The van der Waals surface area contributed by atoms with E-state index < -0.39 is 0 Å². The van der Waals surface area contributed by atoms with Gasteiger partial charge in [0, 0.05) is 25.7 Å². The summed E-state index contributed by atoms with van der Waals surface area (Å²) in [4.78, 5) is 15.6. The zero-order chi connectivity index (χ0) is 18.1. The minimum atomic E-state index is -0.339. The molecule has 7 heteroatoms. The van der Waals surface area contributed by atoms with Gasteiger partial charge in [0.2, 0.25) is 0 Å². The van der Waals surface area contributed by atoms with E-state index in [1.54, 1.807) is 26.3 Å². The molecule has 0 radical (unpaired) electrons. The average Bonchev–Trinajstić information content (AvgIpc) is 2.68. The summed E-state index contributed by atoms with van der Waals surface area (Å²) in [6.45, 7) is 1.19. The van der Waals surface area contributed by atoms with E-state index in [1.807, 2.05) is 36.4 Å². The highest BCUT2D eigenvalue weighted by molar-refractivity contribution is 14.0. The second-order valence-electron chi connectivity index (χ2n) is 5.28. The first-order valence-electron chi connectivity index (χ1n) is 7.91. The molecule has 0 bridgehead atoms. The zero-order valence-electron chi connectivity index (χ0n) is 15.1. The lowest BCUT2D eigenvalue weighted by atomic mass is 10.1. The van der Waals surface area contributed by atoms with E-state index in [9.17, 15) is 4.79 Å². The molecule has 0 saturated heterocycles. The summed E-state index contributed by atoms with van der Waals surface area (Å²) < 4.78 is 10.0. The van der Waals surface area contributed by atoms with Crippen molar-refractivity contribution in [3.8, 4) is 5.75 Å². The zero-order valence-corrected chi connectivity index (χ0v) is 17.4.